The minimum Gasteiger partial charge on any atom is -0.462 e. The molecule has 16 heavy (non-hydrogen) atoms. The summed E-state index contributed by atoms with van der Waals surface area (Å²) in [7, 11) is 0. The predicted molar refractivity (Wildman–Crippen MR) is 61.5 cm³/mol. The molecule has 0 aromatic heterocycles. The molecule has 0 aliphatic carbocycles. The van der Waals surface area contributed by atoms with Gasteiger partial charge in [0, 0.05) is 0 Å². The Morgan fingerprint density at radius 1 is 1.50 bits per heavy atom. The topological polar surface area (TPSA) is 50.1 Å². The summed E-state index contributed by atoms with van der Waals surface area (Å²) < 4.78 is 4.88. The van der Waals surface area contributed by atoms with Gasteiger partial charge < -0.3 is 4.74 Å². The van der Waals surface area contributed by atoms with Gasteiger partial charge in [-0.3, -0.25) is 0 Å². The lowest BCUT2D eigenvalue weighted by Crippen LogP contribution is -2.09. The number of carbonyl (C=O) groups excluding carboxylic acids is 1. The molecule has 0 aliphatic rings. The van der Waals surface area contributed by atoms with Crippen LogP contribution in [0.3, 0.4) is 0 Å². The molecule has 0 aliphatic heterocycles. The normalized spacial score (nSPS) is 9.62. The highest BCUT2D eigenvalue weighted by atomic mass is 35.5. The van der Waals surface area contributed by atoms with E-state index in [2.05, 4.69) is 0 Å². The highest BCUT2D eigenvalue weighted by Gasteiger charge is 2.19. The van der Waals surface area contributed by atoms with Gasteiger partial charge in [-0.1, -0.05) is 24.6 Å². The van der Waals surface area contributed by atoms with E-state index in [-0.39, 0.29) is 17.2 Å². The van der Waals surface area contributed by atoms with Crippen molar-refractivity contribution in [2.75, 3.05) is 6.61 Å². The molecule has 0 heterocycles. The van der Waals surface area contributed by atoms with E-state index in [1.165, 1.54) is 0 Å². The van der Waals surface area contributed by atoms with Crippen molar-refractivity contribution in [2.24, 2.45) is 0 Å². The Morgan fingerprint density at radius 3 is 2.69 bits per heavy atom. The maximum absolute atomic E-state index is 11.7. The lowest BCUT2D eigenvalue weighted by molar-refractivity contribution is 0.0526. The average Bonchev–Trinajstić information content (AvgIpc) is 2.28. The Kier molecular flexibility index (Phi) is 4.33. The first-order valence-electron chi connectivity index (χ1n) is 5.04. The molecule has 0 saturated carbocycles. The van der Waals surface area contributed by atoms with Gasteiger partial charge in [0.15, 0.2) is 0 Å². The highest BCUT2D eigenvalue weighted by molar-refractivity contribution is 6.34. The highest BCUT2D eigenvalue weighted by Crippen LogP contribution is 2.24. The zero-order valence-corrected chi connectivity index (χ0v) is 9.97. The Labute approximate surface area is 99.6 Å². The van der Waals surface area contributed by atoms with Crippen LogP contribution in [-0.4, -0.2) is 12.6 Å². The molecule has 0 N–H and O–H groups in total. The van der Waals surface area contributed by atoms with Gasteiger partial charge in [0.05, 0.1) is 22.8 Å². The van der Waals surface area contributed by atoms with Crippen LogP contribution < -0.4 is 0 Å². The van der Waals surface area contributed by atoms with Crippen LogP contribution in [0.15, 0.2) is 12.1 Å². The minimum absolute atomic E-state index is 0.172. The number of rotatable bonds is 3. The van der Waals surface area contributed by atoms with Gasteiger partial charge in [-0.2, -0.15) is 5.26 Å². The number of esters is 1. The van der Waals surface area contributed by atoms with Gasteiger partial charge in [-0.05, 0) is 25.0 Å². The van der Waals surface area contributed by atoms with Crippen LogP contribution in [-0.2, 0) is 11.2 Å². The molecule has 0 radical (unpaired) electrons. The van der Waals surface area contributed by atoms with Crippen molar-refractivity contribution in [3.8, 4) is 6.07 Å². The molecule has 1 rings (SSSR count). The number of halogens is 1. The number of nitriles is 1. The van der Waals surface area contributed by atoms with Crippen molar-refractivity contribution in [3.05, 3.63) is 33.8 Å². The molecule has 4 heteroatoms. The SMILES string of the molecule is CCOC(=O)c1c(Cl)ccc(CC)c1C#N. The third-order valence-electron chi connectivity index (χ3n) is 2.21. The second-order valence-electron chi connectivity index (χ2n) is 3.14. The van der Waals surface area contributed by atoms with Gasteiger partial charge in [-0.15, -0.1) is 0 Å². The Balaban J connectivity index is 3.35. The molecule has 3 nitrogen and oxygen atoms in total. The van der Waals surface area contributed by atoms with Crippen molar-refractivity contribution in [1.82, 2.24) is 0 Å². The molecule has 0 bridgehead atoms. The van der Waals surface area contributed by atoms with Gasteiger partial charge in [0.1, 0.15) is 6.07 Å². The first-order chi connectivity index (χ1) is 7.65. The number of ether oxygens (including phenoxy) is 1. The lowest BCUT2D eigenvalue weighted by atomic mass is 10.0. The fourth-order valence-electron chi connectivity index (χ4n) is 1.45. The largest absolute Gasteiger partial charge is 0.462 e. The Morgan fingerprint density at radius 2 is 2.19 bits per heavy atom. The molecule has 0 saturated heterocycles. The third-order valence-corrected chi connectivity index (χ3v) is 2.53. The van der Waals surface area contributed by atoms with Crippen LogP contribution in [0.4, 0.5) is 0 Å². The number of hydrogen-bond acceptors (Lipinski definition) is 3. The van der Waals surface area contributed by atoms with Crippen LogP contribution >= 0.6 is 11.6 Å². The van der Waals surface area contributed by atoms with E-state index in [1.54, 1.807) is 19.1 Å². The molecule has 0 amide bonds. The second kappa shape index (κ2) is 5.53. The third kappa shape index (κ3) is 2.34. The summed E-state index contributed by atoms with van der Waals surface area (Å²) in [6.07, 6.45) is 0.673. The first-order valence-corrected chi connectivity index (χ1v) is 5.42. The van der Waals surface area contributed by atoms with Crippen molar-refractivity contribution < 1.29 is 9.53 Å². The number of aryl methyl sites for hydroxylation is 1. The van der Waals surface area contributed by atoms with Crippen LogP contribution in [0.25, 0.3) is 0 Å². The quantitative estimate of drug-likeness (QED) is 0.760. The molecule has 0 atom stereocenters. The maximum Gasteiger partial charge on any atom is 0.341 e. The summed E-state index contributed by atoms with van der Waals surface area (Å²) in [4.78, 5) is 11.7. The van der Waals surface area contributed by atoms with Crippen LogP contribution in [0.5, 0.6) is 0 Å². The van der Waals surface area contributed by atoms with Gasteiger partial charge in [0.25, 0.3) is 0 Å². The summed E-state index contributed by atoms with van der Waals surface area (Å²) in [6.45, 7) is 3.89. The molecular formula is C12H12ClNO2. The Hall–Kier alpha value is -1.53. The van der Waals surface area contributed by atoms with Crippen LogP contribution in [0.2, 0.25) is 5.02 Å². The monoisotopic (exact) mass is 237 g/mol. The second-order valence-corrected chi connectivity index (χ2v) is 3.55. The Bertz CT molecular complexity index is 449. The lowest BCUT2D eigenvalue weighted by Gasteiger charge is -2.09. The van der Waals surface area contributed by atoms with E-state index in [0.29, 0.717) is 12.0 Å². The van der Waals surface area contributed by atoms with E-state index < -0.39 is 5.97 Å². The van der Waals surface area contributed by atoms with E-state index in [1.807, 2.05) is 13.0 Å². The van der Waals surface area contributed by atoms with E-state index >= 15 is 0 Å². The smallest absolute Gasteiger partial charge is 0.341 e. The van der Waals surface area contributed by atoms with Crippen molar-refractivity contribution in [1.29, 1.82) is 5.26 Å². The number of hydrogen-bond donors (Lipinski definition) is 0. The number of benzene rings is 1. The molecule has 0 fully saturated rings. The van der Waals surface area contributed by atoms with Crippen molar-refractivity contribution >= 4 is 17.6 Å². The molecule has 0 spiro atoms. The van der Waals surface area contributed by atoms with Crippen LogP contribution in [0.1, 0.15) is 35.3 Å². The minimum atomic E-state index is -0.542. The molecule has 0 unspecified atom stereocenters. The maximum atomic E-state index is 11.7. The van der Waals surface area contributed by atoms with E-state index in [4.69, 9.17) is 21.6 Å². The van der Waals surface area contributed by atoms with Crippen molar-refractivity contribution in [2.45, 2.75) is 20.3 Å². The zero-order valence-electron chi connectivity index (χ0n) is 9.21. The summed E-state index contributed by atoms with van der Waals surface area (Å²) in [6, 6.07) is 5.38. The van der Waals surface area contributed by atoms with Crippen molar-refractivity contribution in [3.63, 3.8) is 0 Å². The molecule has 1 aromatic rings. The van der Waals surface area contributed by atoms with E-state index in [0.717, 1.165) is 5.56 Å². The fraction of sp³-hybridized carbons (Fsp3) is 0.333. The fourth-order valence-corrected chi connectivity index (χ4v) is 1.68. The van der Waals surface area contributed by atoms with Gasteiger partial charge >= 0.3 is 5.97 Å². The summed E-state index contributed by atoms with van der Waals surface area (Å²) in [5.41, 5.74) is 1.29. The molecule has 1 aromatic carbocycles. The van der Waals surface area contributed by atoms with Crippen LogP contribution in [0, 0.1) is 11.3 Å². The average molecular weight is 238 g/mol. The summed E-state index contributed by atoms with van der Waals surface area (Å²) >= 11 is 5.92. The first kappa shape index (κ1) is 12.5. The summed E-state index contributed by atoms with van der Waals surface area (Å²) in [5, 5.41) is 9.31. The summed E-state index contributed by atoms with van der Waals surface area (Å²) in [5.74, 6) is -0.542. The molecular weight excluding hydrogens is 226 g/mol. The molecule has 84 valence electrons. The van der Waals surface area contributed by atoms with Gasteiger partial charge in [0.2, 0.25) is 0 Å². The zero-order chi connectivity index (χ0) is 12.1. The number of carbonyl (C=O) groups is 1. The number of nitrogens with zero attached hydrogens (tertiary/aromatic N) is 1. The van der Waals surface area contributed by atoms with E-state index in [9.17, 15) is 4.79 Å². The standard InChI is InChI=1S/C12H12ClNO2/c1-3-8-5-6-10(13)11(9(8)7-14)12(15)16-4-2/h5-6H,3-4H2,1-2H3. The predicted octanol–water partition coefficient (Wildman–Crippen LogP) is 2.95. The van der Waals surface area contributed by atoms with Gasteiger partial charge in [-0.25, -0.2) is 4.79 Å².